The van der Waals surface area contributed by atoms with Gasteiger partial charge < -0.3 is 14.6 Å². The minimum Gasteiger partial charge on any atom is -0.493 e. The van der Waals surface area contributed by atoms with E-state index in [1.807, 2.05) is 6.07 Å². The third-order valence-electron chi connectivity index (χ3n) is 3.28. The number of rotatable bonds is 4. The molecule has 0 unspecified atom stereocenters. The molecule has 1 aliphatic carbocycles. The number of carbonyl (C=O) groups is 1. The molecule has 5 heteroatoms. The van der Waals surface area contributed by atoms with Gasteiger partial charge in [-0.1, -0.05) is 0 Å². The van der Waals surface area contributed by atoms with Crippen molar-refractivity contribution in [2.24, 2.45) is 0 Å². The highest BCUT2D eigenvalue weighted by atomic mass is 16.5. The molecule has 2 rings (SSSR count). The van der Waals surface area contributed by atoms with Gasteiger partial charge in [-0.15, -0.1) is 0 Å². The maximum Gasteiger partial charge on any atom is 0.314 e. The zero-order valence-electron chi connectivity index (χ0n) is 10.2. The third-order valence-corrected chi connectivity index (χ3v) is 3.28. The first-order chi connectivity index (χ1) is 8.58. The average Bonchev–Trinajstić information content (AvgIpc) is 3.18. The molecule has 94 valence electrons. The lowest BCUT2D eigenvalue weighted by Gasteiger charge is -2.17. The van der Waals surface area contributed by atoms with E-state index < -0.39 is 11.4 Å². The molecule has 1 fully saturated rings. The van der Waals surface area contributed by atoms with Crippen molar-refractivity contribution in [2.75, 3.05) is 14.2 Å². The maximum atomic E-state index is 11.4. The summed E-state index contributed by atoms with van der Waals surface area (Å²) >= 11 is 0. The Kier molecular flexibility index (Phi) is 2.87. The Labute approximate surface area is 105 Å². The summed E-state index contributed by atoms with van der Waals surface area (Å²) in [6.07, 6.45) is 1.10. The van der Waals surface area contributed by atoms with E-state index in [1.54, 1.807) is 12.1 Å². The molecule has 1 aromatic carbocycles. The molecule has 0 aliphatic heterocycles. The van der Waals surface area contributed by atoms with E-state index in [4.69, 9.17) is 14.7 Å². The molecule has 5 nitrogen and oxygen atoms in total. The van der Waals surface area contributed by atoms with Gasteiger partial charge in [0.25, 0.3) is 0 Å². The Morgan fingerprint density at radius 1 is 1.39 bits per heavy atom. The van der Waals surface area contributed by atoms with Gasteiger partial charge in [0, 0.05) is 11.6 Å². The number of hydrogen-bond acceptors (Lipinski definition) is 4. The number of benzene rings is 1. The first kappa shape index (κ1) is 12.2. The molecule has 0 aromatic heterocycles. The standard InChI is InChI=1S/C13H13NO4/c1-17-10-6-8(7-14)5-9(11(10)18-2)13(3-4-13)12(15)16/h5-6H,3-4H2,1-2H3,(H,15,16). The first-order valence-electron chi connectivity index (χ1n) is 5.49. The number of aliphatic carboxylic acids is 1. The lowest BCUT2D eigenvalue weighted by atomic mass is 9.93. The normalized spacial score (nSPS) is 15.6. The molecule has 0 heterocycles. The second-order valence-electron chi connectivity index (χ2n) is 4.26. The van der Waals surface area contributed by atoms with Gasteiger partial charge in [0.1, 0.15) is 0 Å². The molecule has 0 radical (unpaired) electrons. The van der Waals surface area contributed by atoms with Crippen LogP contribution in [0.2, 0.25) is 0 Å². The predicted molar refractivity (Wildman–Crippen MR) is 62.8 cm³/mol. The number of carboxylic acid groups (broad SMARTS) is 1. The molecular weight excluding hydrogens is 234 g/mol. The molecule has 1 saturated carbocycles. The molecule has 0 atom stereocenters. The first-order valence-corrected chi connectivity index (χ1v) is 5.49. The predicted octanol–water partition coefficient (Wildman–Crippen LogP) is 1.69. The molecule has 0 bridgehead atoms. The molecule has 1 aromatic rings. The van der Waals surface area contributed by atoms with E-state index in [9.17, 15) is 9.90 Å². The van der Waals surface area contributed by atoms with Crippen molar-refractivity contribution in [1.29, 1.82) is 5.26 Å². The summed E-state index contributed by atoms with van der Waals surface area (Å²) < 4.78 is 10.4. The van der Waals surface area contributed by atoms with Gasteiger partial charge in [-0.25, -0.2) is 0 Å². The fraction of sp³-hybridized carbons (Fsp3) is 0.385. The summed E-state index contributed by atoms with van der Waals surface area (Å²) in [5.74, 6) is -0.103. The van der Waals surface area contributed by atoms with Crippen LogP contribution in [0.1, 0.15) is 24.0 Å². The zero-order chi connectivity index (χ0) is 13.3. The van der Waals surface area contributed by atoms with Crippen LogP contribution in [-0.2, 0) is 10.2 Å². The van der Waals surface area contributed by atoms with Crippen LogP contribution in [0.5, 0.6) is 11.5 Å². The van der Waals surface area contributed by atoms with Gasteiger partial charge in [-0.3, -0.25) is 4.79 Å². The van der Waals surface area contributed by atoms with Crippen molar-refractivity contribution in [3.8, 4) is 17.6 Å². The minimum absolute atomic E-state index is 0.371. The Balaban J connectivity index is 2.66. The second-order valence-corrected chi connectivity index (χ2v) is 4.26. The zero-order valence-corrected chi connectivity index (χ0v) is 10.2. The summed E-state index contributed by atoms with van der Waals surface area (Å²) in [6, 6.07) is 5.12. The second kappa shape index (κ2) is 4.22. The highest BCUT2D eigenvalue weighted by Gasteiger charge is 2.54. The van der Waals surface area contributed by atoms with Crippen molar-refractivity contribution >= 4 is 5.97 Å². The number of methoxy groups -OCH3 is 2. The summed E-state index contributed by atoms with van der Waals surface area (Å²) in [5.41, 5.74) is -0.0329. The van der Waals surface area contributed by atoms with Crippen LogP contribution in [0.3, 0.4) is 0 Å². The van der Waals surface area contributed by atoms with Crippen LogP contribution in [0, 0.1) is 11.3 Å². The quantitative estimate of drug-likeness (QED) is 0.875. The van der Waals surface area contributed by atoms with Crippen LogP contribution < -0.4 is 9.47 Å². The minimum atomic E-state index is -0.925. The van der Waals surface area contributed by atoms with Crippen LogP contribution in [0.25, 0.3) is 0 Å². The maximum absolute atomic E-state index is 11.4. The number of carboxylic acids is 1. The number of hydrogen-bond donors (Lipinski definition) is 1. The molecule has 1 N–H and O–H groups in total. The number of nitriles is 1. The molecular formula is C13H13NO4. The van der Waals surface area contributed by atoms with Gasteiger partial charge >= 0.3 is 5.97 Å². The van der Waals surface area contributed by atoms with Crippen LogP contribution in [0.15, 0.2) is 12.1 Å². The van der Waals surface area contributed by atoms with E-state index >= 15 is 0 Å². The van der Waals surface area contributed by atoms with E-state index in [0.29, 0.717) is 35.5 Å². The molecule has 0 saturated heterocycles. The summed E-state index contributed by atoms with van der Waals surface area (Å²) in [4.78, 5) is 11.4. The van der Waals surface area contributed by atoms with Gasteiger partial charge in [0.05, 0.1) is 31.3 Å². The molecule has 18 heavy (non-hydrogen) atoms. The highest BCUT2D eigenvalue weighted by molar-refractivity contribution is 5.86. The van der Waals surface area contributed by atoms with Crippen molar-refractivity contribution in [3.63, 3.8) is 0 Å². The van der Waals surface area contributed by atoms with E-state index in [0.717, 1.165) is 0 Å². The topological polar surface area (TPSA) is 79.5 Å². The van der Waals surface area contributed by atoms with Crippen molar-refractivity contribution in [3.05, 3.63) is 23.3 Å². The van der Waals surface area contributed by atoms with E-state index in [-0.39, 0.29) is 0 Å². The smallest absolute Gasteiger partial charge is 0.314 e. The van der Waals surface area contributed by atoms with Crippen molar-refractivity contribution in [1.82, 2.24) is 0 Å². The van der Waals surface area contributed by atoms with E-state index in [1.165, 1.54) is 14.2 Å². The average molecular weight is 247 g/mol. The Bertz CT molecular complexity index is 541. The lowest BCUT2D eigenvalue weighted by Crippen LogP contribution is -2.20. The Morgan fingerprint density at radius 2 is 2.06 bits per heavy atom. The molecule has 0 spiro atoms. The van der Waals surface area contributed by atoms with Gasteiger partial charge in [-0.2, -0.15) is 5.26 Å². The largest absolute Gasteiger partial charge is 0.493 e. The monoisotopic (exact) mass is 247 g/mol. The van der Waals surface area contributed by atoms with Crippen LogP contribution in [0.4, 0.5) is 0 Å². The summed E-state index contributed by atoms with van der Waals surface area (Å²) in [5, 5.41) is 18.3. The third kappa shape index (κ3) is 1.66. The summed E-state index contributed by atoms with van der Waals surface area (Å²) in [7, 11) is 2.93. The van der Waals surface area contributed by atoms with Crippen LogP contribution >= 0.6 is 0 Å². The summed E-state index contributed by atoms with van der Waals surface area (Å²) in [6.45, 7) is 0. The van der Waals surface area contributed by atoms with Gasteiger partial charge in [0.15, 0.2) is 11.5 Å². The van der Waals surface area contributed by atoms with Gasteiger partial charge in [-0.05, 0) is 18.9 Å². The SMILES string of the molecule is COc1cc(C#N)cc(C2(C(=O)O)CC2)c1OC. The fourth-order valence-corrected chi connectivity index (χ4v) is 2.11. The Hall–Kier alpha value is -2.22. The molecule has 1 aliphatic rings. The number of nitrogens with zero attached hydrogens (tertiary/aromatic N) is 1. The van der Waals surface area contributed by atoms with Gasteiger partial charge in [0.2, 0.25) is 0 Å². The lowest BCUT2D eigenvalue weighted by molar-refractivity contribution is -0.140. The van der Waals surface area contributed by atoms with Crippen molar-refractivity contribution < 1.29 is 19.4 Å². The van der Waals surface area contributed by atoms with Crippen molar-refractivity contribution in [2.45, 2.75) is 18.3 Å². The highest BCUT2D eigenvalue weighted by Crippen LogP contribution is 2.53. The Morgan fingerprint density at radius 3 is 2.44 bits per heavy atom. The molecule has 0 amide bonds. The number of ether oxygens (including phenoxy) is 2. The van der Waals surface area contributed by atoms with E-state index in [2.05, 4.69) is 0 Å². The van der Waals surface area contributed by atoms with Crippen LogP contribution in [-0.4, -0.2) is 25.3 Å². The fourth-order valence-electron chi connectivity index (χ4n) is 2.11.